The van der Waals surface area contributed by atoms with Crippen LogP contribution in [0.15, 0.2) is 0 Å². The second kappa shape index (κ2) is 7.19. The van der Waals surface area contributed by atoms with Gasteiger partial charge < -0.3 is 9.74 Å². The molecular formula is C20H35N3O5Si. The first-order valence-electron chi connectivity index (χ1n) is 10.1. The van der Waals surface area contributed by atoms with Gasteiger partial charge in [0.2, 0.25) is 11.8 Å². The van der Waals surface area contributed by atoms with Gasteiger partial charge in [0, 0.05) is 7.05 Å². The van der Waals surface area contributed by atoms with Crippen molar-refractivity contribution in [2.45, 2.75) is 84.3 Å². The smallest absolute Gasteiger partial charge is 0.334 e. The second-order valence-electron chi connectivity index (χ2n) is 10.3. The number of carbonyl (C=O) groups is 4. The van der Waals surface area contributed by atoms with Crippen molar-refractivity contribution in [3.63, 3.8) is 0 Å². The van der Waals surface area contributed by atoms with Gasteiger partial charge in [0.1, 0.15) is 5.54 Å². The van der Waals surface area contributed by atoms with Crippen molar-refractivity contribution in [1.82, 2.24) is 15.1 Å². The number of carbonyl (C=O) groups excluding carboxylic acids is 4. The Morgan fingerprint density at radius 3 is 2.07 bits per heavy atom. The molecule has 0 aromatic rings. The second-order valence-corrected chi connectivity index (χ2v) is 15.1. The predicted octanol–water partition coefficient (Wildman–Crippen LogP) is 2.35. The molecule has 5 amide bonds. The van der Waals surface area contributed by atoms with E-state index in [2.05, 4.69) is 39.2 Å². The van der Waals surface area contributed by atoms with Crippen LogP contribution in [0.4, 0.5) is 4.79 Å². The lowest BCUT2D eigenvalue weighted by molar-refractivity contribution is -0.149. The summed E-state index contributed by atoms with van der Waals surface area (Å²) in [4.78, 5) is 52.3. The van der Waals surface area contributed by atoms with Gasteiger partial charge in [-0.25, -0.2) is 9.69 Å². The summed E-state index contributed by atoms with van der Waals surface area (Å²) in [5, 5.41) is 2.80. The molecule has 0 spiro atoms. The van der Waals surface area contributed by atoms with Crippen LogP contribution in [-0.2, 0) is 18.8 Å². The molecule has 0 aromatic carbocycles. The Hall–Kier alpha value is -1.74. The van der Waals surface area contributed by atoms with Crippen LogP contribution >= 0.6 is 0 Å². The summed E-state index contributed by atoms with van der Waals surface area (Å²) >= 11 is 0. The average molecular weight is 426 g/mol. The third kappa shape index (κ3) is 3.74. The van der Waals surface area contributed by atoms with Crippen LogP contribution in [0, 0.1) is 11.8 Å². The summed E-state index contributed by atoms with van der Waals surface area (Å²) < 4.78 is 6.38. The van der Waals surface area contributed by atoms with Gasteiger partial charge in [-0.15, -0.1) is 0 Å². The first-order valence-corrected chi connectivity index (χ1v) is 13.0. The van der Waals surface area contributed by atoms with E-state index in [9.17, 15) is 19.2 Å². The lowest BCUT2D eigenvalue weighted by Gasteiger charge is -2.47. The third-order valence-corrected chi connectivity index (χ3v) is 11.4. The van der Waals surface area contributed by atoms with Crippen LogP contribution < -0.4 is 5.32 Å². The summed E-state index contributed by atoms with van der Waals surface area (Å²) in [6.07, 6.45) is -0.350. The molecule has 2 aliphatic heterocycles. The molecule has 0 aromatic heterocycles. The highest BCUT2D eigenvalue weighted by Gasteiger charge is 2.57. The molecule has 0 aliphatic carbocycles. The Balaban J connectivity index is 2.20. The van der Waals surface area contributed by atoms with E-state index in [0.717, 1.165) is 9.80 Å². The van der Waals surface area contributed by atoms with Gasteiger partial charge in [-0.3, -0.25) is 19.3 Å². The van der Waals surface area contributed by atoms with E-state index in [1.807, 2.05) is 6.92 Å². The fourth-order valence-corrected chi connectivity index (χ4v) is 5.21. The zero-order chi connectivity index (χ0) is 22.7. The van der Waals surface area contributed by atoms with Gasteiger partial charge in [0.25, 0.3) is 5.91 Å². The molecule has 29 heavy (non-hydrogen) atoms. The largest absolute Gasteiger partial charge is 0.413 e. The van der Waals surface area contributed by atoms with Crippen molar-refractivity contribution in [1.29, 1.82) is 0 Å². The summed E-state index contributed by atoms with van der Waals surface area (Å²) in [5.41, 5.74) is -1.25. The van der Waals surface area contributed by atoms with E-state index >= 15 is 0 Å². The van der Waals surface area contributed by atoms with Gasteiger partial charge in [0.15, 0.2) is 8.32 Å². The van der Waals surface area contributed by atoms with Crippen molar-refractivity contribution in [3.05, 3.63) is 0 Å². The number of urea groups is 1. The number of nitrogens with zero attached hydrogens (tertiary/aromatic N) is 2. The Kier molecular flexibility index (Phi) is 5.84. The molecule has 2 fully saturated rings. The van der Waals surface area contributed by atoms with Crippen LogP contribution in [0.2, 0.25) is 18.1 Å². The maximum Gasteiger partial charge on any atom is 0.334 e. The fraction of sp³-hybridized carbons (Fsp3) is 0.800. The van der Waals surface area contributed by atoms with Gasteiger partial charge in [0.05, 0.1) is 24.0 Å². The zero-order valence-corrected chi connectivity index (χ0v) is 20.2. The summed E-state index contributed by atoms with van der Waals surface area (Å²) in [7, 11) is -0.724. The average Bonchev–Trinajstić information content (AvgIpc) is 2.69. The lowest BCUT2D eigenvalue weighted by atomic mass is 9.78. The maximum atomic E-state index is 13.2. The summed E-state index contributed by atoms with van der Waals surface area (Å²) in [6.45, 7) is 17.3. The van der Waals surface area contributed by atoms with E-state index in [1.54, 1.807) is 20.8 Å². The number of likely N-dealkylation sites (N-methyl/N-ethyl adjacent to an activating group) is 1. The molecule has 0 bridgehead atoms. The molecule has 0 saturated carbocycles. The molecule has 2 aliphatic rings. The Morgan fingerprint density at radius 1 is 1.17 bits per heavy atom. The number of imide groups is 2. The molecule has 164 valence electrons. The van der Waals surface area contributed by atoms with Crippen LogP contribution in [0.25, 0.3) is 0 Å². The zero-order valence-electron chi connectivity index (χ0n) is 19.2. The van der Waals surface area contributed by atoms with Crippen molar-refractivity contribution in [3.8, 4) is 0 Å². The number of hydrogen-bond acceptors (Lipinski definition) is 5. The first kappa shape index (κ1) is 23.5. The Labute approximate surface area is 174 Å². The van der Waals surface area contributed by atoms with E-state index < -0.39 is 49.6 Å². The first-order chi connectivity index (χ1) is 12.9. The predicted molar refractivity (Wildman–Crippen MR) is 111 cm³/mol. The number of nitrogens with one attached hydrogen (secondary N) is 1. The number of β-lactam (4-membered cyclic amide) rings is 1. The minimum Gasteiger partial charge on any atom is -0.413 e. The van der Waals surface area contributed by atoms with E-state index in [4.69, 9.17) is 4.43 Å². The highest BCUT2D eigenvalue weighted by molar-refractivity contribution is 6.74. The summed E-state index contributed by atoms with van der Waals surface area (Å²) in [6, 6.07) is -1.08. The molecule has 2 rings (SSSR count). The van der Waals surface area contributed by atoms with Gasteiger partial charge >= 0.3 is 6.03 Å². The molecular weight excluding hydrogens is 390 g/mol. The lowest BCUT2D eigenvalue weighted by Crippen LogP contribution is -2.68. The molecule has 4 atom stereocenters. The van der Waals surface area contributed by atoms with Crippen LogP contribution in [0.1, 0.15) is 48.5 Å². The standard InChI is InChI=1S/C20H35N3O5Si/c1-11(16(25)23-18(27)22(8)17(26)20(23,6)7)14-13(15(24)21-14)12(2)28-29(9,10)19(3,4)5/h11-14H,1-10H3,(H,21,24)/t11-,12+,13+,14+/m0/s1. The highest BCUT2D eigenvalue weighted by Crippen LogP contribution is 2.40. The molecule has 2 saturated heterocycles. The molecule has 2 heterocycles. The molecule has 9 heteroatoms. The van der Waals surface area contributed by atoms with Crippen molar-refractivity contribution in [2.24, 2.45) is 11.8 Å². The number of amides is 5. The third-order valence-electron chi connectivity index (χ3n) is 6.80. The van der Waals surface area contributed by atoms with Crippen LogP contribution in [-0.4, -0.2) is 66.6 Å². The van der Waals surface area contributed by atoms with Gasteiger partial charge in [-0.2, -0.15) is 0 Å². The molecule has 0 radical (unpaired) electrons. The minimum atomic E-state index is -2.09. The van der Waals surface area contributed by atoms with E-state index in [0.29, 0.717) is 0 Å². The normalized spacial score (nSPS) is 26.9. The minimum absolute atomic E-state index is 0.00461. The van der Waals surface area contributed by atoms with E-state index in [-0.39, 0.29) is 17.0 Å². The Morgan fingerprint density at radius 2 is 1.69 bits per heavy atom. The van der Waals surface area contributed by atoms with Crippen molar-refractivity contribution < 1.29 is 23.6 Å². The molecule has 1 N–H and O–H groups in total. The van der Waals surface area contributed by atoms with Crippen LogP contribution in [0.5, 0.6) is 0 Å². The Bertz CT molecular complexity index is 743. The van der Waals surface area contributed by atoms with Gasteiger partial charge in [-0.05, 0) is 38.9 Å². The molecule has 8 nitrogen and oxygen atoms in total. The van der Waals surface area contributed by atoms with Gasteiger partial charge in [-0.1, -0.05) is 27.7 Å². The number of hydrogen-bond donors (Lipinski definition) is 1. The number of rotatable bonds is 5. The fourth-order valence-electron chi connectivity index (χ4n) is 3.78. The van der Waals surface area contributed by atoms with Crippen molar-refractivity contribution in [2.75, 3.05) is 7.05 Å². The maximum absolute atomic E-state index is 13.2. The van der Waals surface area contributed by atoms with Crippen LogP contribution in [0.3, 0.4) is 0 Å². The van der Waals surface area contributed by atoms with E-state index in [1.165, 1.54) is 7.05 Å². The molecule has 0 unspecified atom stereocenters. The highest BCUT2D eigenvalue weighted by atomic mass is 28.4. The van der Waals surface area contributed by atoms with Crippen molar-refractivity contribution >= 4 is 32.1 Å². The quantitative estimate of drug-likeness (QED) is 0.414. The summed E-state index contributed by atoms with van der Waals surface area (Å²) in [5.74, 6) is -2.18. The monoisotopic (exact) mass is 425 g/mol. The topological polar surface area (TPSA) is 96.0 Å². The SMILES string of the molecule is C[C@H](C(=O)N1C(=O)N(C)C(=O)C1(C)C)[C@H]1NC(=O)[C@@H]1[C@@H](C)O[Si](C)(C)C(C)(C)C.